The molecule has 1 aliphatic rings. The van der Waals surface area contributed by atoms with Crippen molar-refractivity contribution in [1.29, 1.82) is 0 Å². The molecule has 0 bridgehead atoms. The van der Waals surface area contributed by atoms with E-state index in [2.05, 4.69) is 14.8 Å². The SMILES string of the molecule is CC(C)(C)OC(=O)c1ccc(N2CCN(CCO)CC2)nc1. The molecule has 122 valence electrons. The number of anilines is 1. The van der Waals surface area contributed by atoms with Crippen LogP contribution in [-0.4, -0.2) is 65.9 Å². The second-order valence-electron chi connectivity index (χ2n) is 6.46. The summed E-state index contributed by atoms with van der Waals surface area (Å²) in [5, 5.41) is 8.95. The van der Waals surface area contributed by atoms with Gasteiger partial charge in [-0.3, -0.25) is 4.90 Å². The van der Waals surface area contributed by atoms with Crippen LogP contribution in [0.1, 0.15) is 31.1 Å². The number of rotatable bonds is 4. The Morgan fingerprint density at radius 3 is 2.45 bits per heavy atom. The first-order valence-electron chi connectivity index (χ1n) is 7.66. The molecule has 0 atom stereocenters. The van der Waals surface area contributed by atoms with Crippen molar-refractivity contribution >= 4 is 11.8 Å². The number of pyridine rings is 1. The molecule has 0 aromatic carbocycles. The van der Waals surface area contributed by atoms with Crippen LogP contribution in [0.25, 0.3) is 0 Å². The van der Waals surface area contributed by atoms with Crippen molar-refractivity contribution < 1.29 is 14.6 Å². The fourth-order valence-electron chi connectivity index (χ4n) is 2.37. The maximum Gasteiger partial charge on any atom is 0.340 e. The number of aliphatic hydroxyl groups is 1. The second kappa shape index (κ2) is 7.07. The summed E-state index contributed by atoms with van der Waals surface area (Å²) in [6, 6.07) is 3.62. The molecule has 0 saturated carbocycles. The van der Waals surface area contributed by atoms with Crippen LogP contribution in [0.4, 0.5) is 5.82 Å². The molecule has 0 spiro atoms. The molecule has 1 aromatic rings. The van der Waals surface area contributed by atoms with E-state index in [1.54, 1.807) is 12.3 Å². The molecule has 22 heavy (non-hydrogen) atoms. The van der Waals surface area contributed by atoms with Gasteiger partial charge in [-0.1, -0.05) is 0 Å². The lowest BCUT2D eigenvalue weighted by Crippen LogP contribution is -2.47. The van der Waals surface area contributed by atoms with Crippen molar-refractivity contribution in [3.05, 3.63) is 23.9 Å². The molecule has 6 heteroatoms. The third-order valence-corrected chi connectivity index (χ3v) is 3.49. The van der Waals surface area contributed by atoms with Gasteiger partial charge in [-0.15, -0.1) is 0 Å². The van der Waals surface area contributed by atoms with Crippen LogP contribution in [0.15, 0.2) is 18.3 Å². The summed E-state index contributed by atoms with van der Waals surface area (Å²) in [6.45, 7) is 10.0. The number of esters is 1. The summed E-state index contributed by atoms with van der Waals surface area (Å²) in [6.07, 6.45) is 1.57. The third kappa shape index (κ3) is 4.68. The van der Waals surface area contributed by atoms with E-state index in [1.807, 2.05) is 26.8 Å². The van der Waals surface area contributed by atoms with E-state index in [0.717, 1.165) is 38.5 Å². The molecular formula is C16H25N3O3. The van der Waals surface area contributed by atoms with Crippen molar-refractivity contribution in [3.63, 3.8) is 0 Å². The van der Waals surface area contributed by atoms with E-state index in [-0.39, 0.29) is 12.6 Å². The van der Waals surface area contributed by atoms with Gasteiger partial charge >= 0.3 is 5.97 Å². The third-order valence-electron chi connectivity index (χ3n) is 3.49. The van der Waals surface area contributed by atoms with E-state index in [0.29, 0.717) is 5.56 Å². The molecular weight excluding hydrogens is 282 g/mol. The lowest BCUT2D eigenvalue weighted by atomic mass is 10.2. The zero-order valence-corrected chi connectivity index (χ0v) is 13.6. The number of ether oxygens (including phenoxy) is 1. The van der Waals surface area contributed by atoms with Gasteiger partial charge in [0, 0.05) is 38.9 Å². The molecule has 1 N–H and O–H groups in total. The Morgan fingerprint density at radius 1 is 1.27 bits per heavy atom. The lowest BCUT2D eigenvalue weighted by Gasteiger charge is -2.35. The normalized spacial score (nSPS) is 16.6. The number of nitrogens with zero attached hydrogens (tertiary/aromatic N) is 3. The quantitative estimate of drug-likeness (QED) is 0.842. The van der Waals surface area contributed by atoms with Crippen LogP contribution in [0.3, 0.4) is 0 Å². The van der Waals surface area contributed by atoms with Crippen LogP contribution >= 0.6 is 0 Å². The first-order valence-corrected chi connectivity index (χ1v) is 7.66. The van der Waals surface area contributed by atoms with Gasteiger partial charge < -0.3 is 14.7 Å². The van der Waals surface area contributed by atoms with Crippen LogP contribution in [0.5, 0.6) is 0 Å². The Kier molecular flexibility index (Phi) is 5.37. The number of carbonyl (C=O) groups excluding carboxylic acids is 1. The van der Waals surface area contributed by atoms with Crippen molar-refractivity contribution in [1.82, 2.24) is 9.88 Å². The number of piperazine rings is 1. The predicted octanol–water partition coefficient (Wildman–Crippen LogP) is 1.15. The van der Waals surface area contributed by atoms with E-state index < -0.39 is 5.60 Å². The summed E-state index contributed by atoms with van der Waals surface area (Å²) < 4.78 is 5.33. The minimum Gasteiger partial charge on any atom is -0.456 e. The maximum atomic E-state index is 12.0. The zero-order valence-electron chi connectivity index (χ0n) is 13.6. The molecule has 1 fully saturated rings. The van der Waals surface area contributed by atoms with Crippen molar-refractivity contribution in [2.45, 2.75) is 26.4 Å². The monoisotopic (exact) mass is 307 g/mol. The average molecular weight is 307 g/mol. The molecule has 0 radical (unpaired) electrons. The fraction of sp³-hybridized carbons (Fsp3) is 0.625. The minimum absolute atomic E-state index is 0.197. The van der Waals surface area contributed by atoms with E-state index in [9.17, 15) is 4.79 Å². The van der Waals surface area contributed by atoms with Gasteiger partial charge in [-0.05, 0) is 32.9 Å². The standard InChI is InChI=1S/C16H25N3O3/c1-16(2,3)22-15(21)13-4-5-14(17-12-13)19-8-6-18(7-9-19)10-11-20/h4-5,12,20H,6-11H2,1-3H3. The molecule has 2 rings (SSSR count). The van der Waals surface area contributed by atoms with Gasteiger partial charge in [0.1, 0.15) is 11.4 Å². The summed E-state index contributed by atoms with van der Waals surface area (Å²) >= 11 is 0. The van der Waals surface area contributed by atoms with Gasteiger partial charge in [-0.25, -0.2) is 9.78 Å². The van der Waals surface area contributed by atoms with Gasteiger partial charge in [0.25, 0.3) is 0 Å². The summed E-state index contributed by atoms with van der Waals surface area (Å²) in [5.41, 5.74) is -0.0312. The van der Waals surface area contributed by atoms with E-state index in [1.165, 1.54) is 0 Å². The molecule has 0 amide bonds. The Balaban J connectivity index is 1.94. The van der Waals surface area contributed by atoms with Crippen molar-refractivity contribution in [3.8, 4) is 0 Å². The van der Waals surface area contributed by atoms with Crippen molar-refractivity contribution in [2.75, 3.05) is 44.2 Å². The molecule has 2 heterocycles. The van der Waals surface area contributed by atoms with Gasteiger partial charge in [0.05, 0.1) is 12.2 Å². The Labute approximate surface area is 131 Å². The molecule has 1 aliphatic heterocycles. The highest BCUT2D eigenvalue weighted by Crippen LogP contribution is 2.16. The highest BCUT2D eigenvalue weighted by Gasteiger charge is 2.20. The molecule has 6 nitrogen and oxygen atoms in total. The Hall–Kier alpha value is -1.66. The summed E-state index contributed by atoms with van der Waals surface area (Å²) in [7, 11) is 0. The number of hydrogen-bond acceptors (Lipinski definition) is 6. The number of aliphatic hydroxyl groups excluding tert-OH is 1. The summed E-state index contributed by atoms with van der Waals surface area (Å²) in [4.78, 5) is 20.8. The summed E-state index contributed by atoms with van der Waals surface area (Å²) in [5.74, 6) is 0.523. The smallest absolute Gasteiger partial charge is 0.340 e. The number of β-amino-alcohol motifs (C(OH)–C–C–N with tert-alkyl or cyclic N) is 1. The zero-order chi connectivity index (χ0) is 16.2. The highest BCUT2D eigenvalue weighted by atomic mass is 16.6. The van der Waals surface area contributed by atoms with E-state index >= 15 is 0 Å². The van der Waals surface area contributed by atoms with Crippen LogP contribution < -0.4 is 4.90 Å². The largest absolute Gasteiger partial charge is 0.456 e. The second-order valence-corrected chi connectivity index (χ2v) is 6.46. The first-order chi connectivity index (χ1) is 10.4. The molecule has 0 unspecified atom stereocenters. The number of aromatic nitrogens is 1. The van der Waals surface area contributed by atoms with Gasteiger partial charge in [0.2, 0.25) is 0 Å². The van der Waals surface area contributed by atoms with Gasteiger partial charge in [0.15, 0.2) is 0 Å². The average Bonchev–Trinajstić information content (AvgIpc) is 2.47. The maximum absolute atomic E-state index is 12.0. The lowest BCUT2D eigenvalue weighted by molar-refractivity contribution is 0.00691. The molecule has 1 saturated heterocycles. The van der Waals surface area contributed by atoms with Crippen LogP contribution in [0.2, 0.25) is 0 Å². The topological polar surface area (TPSA) is 65.9 Å². The highest BCUT2D eigenvalue weighted by molar-refractivity contribution is 5.89. The van der Waals surface area contributed by atoms with Crippen molar-refractivity contribution in [2.24, 2.45) is 0 Å². The van der Waals surface area contributed by atoms with Crippen LogP contribution in [-0.2, 0) is 4.74 Å². The minimum atomic E-state index is -0.501. The number of carbonyl (C=O) groups is 1. The van der Waals surface area contributed by atoms with E-state index in [4.69, 9.17) is 9.84 Å². The Morgan fingerprint density at radius 2 is 1.95 bits per heavy atom. The number of hydrogen-bond donors (Lipinski definition) is 1. The first kappa shape index (κ1) is 16.7. The Bertz CT molecular complexity index is 488. The predicted molar refractivity (Wildman–Crippen MR) is 85.1 cm³/mol. The molecule has 0 aliphatic carbocycles. The van der Waals surface area contributed by atoms with Gasteiger partial charge in [-0.2, -0.15) is 0 Å². The molecule has 1 aromatic heterocycles. The fourth-order valence-corrected chi connectivity index (χ4v) is 2.37. The van der Waals surface area contributed by atoms with Crippen LogP contribution in [0, 0.1) is 0 Å².